The fourth-order valence-corrected chi connectivity index (χ4v) is 1.41. The van der Waals surface area contributed by atoms with Gasteiger partial charge in [0, 0.05) is 0 Å². The Labute approximate surface area is 133 Å². The summed E-state index contributed by atoms with van der Waals surface area (Å²) in [5.74, 6) is 0. The molecule has 0 saturated heterocycles. The summed E-state index contributed by atoms with van der Waals surface area (Å²) in [7, 11) is 1.50. The van der Waals surface area contributed by atoms with Crippen molar-refractivity contribution in [1.29, 1.82) is 0 Å². The smallest absolute Gasteiger partial charge is 0.0809 e. The molecular weight excluding hydrogens is 284 g/mol. The van der Waals surface area contributed by atoms with E-state index in [1.54, 1.807) is 20.0 Å². The number of fused-ring (bicyclic) bond motifs is 1. The van der Waals surface area contributed by atoms with Gasteiger partial charge < -0.3 is 10.2 Å². The Morgan fingerprint density at radius 2 is 1.75 bits per heavy atom. The summed E-state index contributed by atoms with van der Waals surface area (Å²) in [5, 5.41) is 19.2. The van der Waals surface area contributed by atoms with E-state index in [0.717, 1.165) is 20.6 Å². The predicted octanol–water partition coefficient (Wildman–Crippen LogP) is 1.78. The van der Waals surface area contributed by atoms with E-state index in [1.165, 1.54) is 10.8 Å². The van der Waals surface area contributed by atoms with Gasteiger partial charge in [-0.15, -0.1) is 36.1 Å². The largest absolute Gasteiger partial charge is 0.168 e. The predicted molar refractivity (Wildman–Crippen MR) is 80.1 cm³/mol. The monoisotopic (exact) mass is 304 g/mol. The van der Waals surface area contributed by atoms with Crippen molar-refractivity contribution in [2.75, 3.05) is 14.2 Å². The Kier molecular flexibility index (Phi) is 18.8. The Morgan fingerprint density at radius 1 is 1.10 bits per heavy atom. The molecule has 0 N–H and O–H groups in total. The van der Waals surface area contributed by atoms with Crippen molar-refractivity contribution in [3.63, 3.8) is 0 Å². The van der Waals surface area contributed by atoms with Gasteiger partial charge in [-0.05, 0) is 0 Å². The van der Waals surface area contributed by atoms with Crippen LogP contribution in [0.25, 0.3) is 10.8 Å². The van der Waals surface area contributed by atoms with Crippen molar-refractivity contribution in [3.8, 4) is 0 Å². The number of hydrogen-bond donors (Lipinski definition) is 0. The summed E-state index contributed by atoms with van der Waals surface area (Å²) in [4.78, 5) is 3.25. The van der Waals surface area contributed by atoms with Gasteiger partial charge in [-0.25, -0.2) is 12.2 Å². The molecule has 2 nitrogen and oxygen atoms in total. The Bertz CT molecular complexity index is 432. The Morgan fingerprint density at radius 3 is 2.20 bits per heavy atom. The molecule has 0 radical (unpaired) electrons. The molecule has 0 bridgehead atoms. The molecule has 2 aromatic carbocycles. The quantitative estimate of drug-likeness (QED) is 0.550. The van der Waals surface area contributed by atoms with Gasteiger partial charge in [-0.3, -0.25) is 6.08 Å². The first-order valence-corrected chi connectivity index (χ1v) is 7.06. The van der Waals surface area contributed by atoms with E-state index in [0.29, 0.717) is 0 Å². The van der Waals surface area contributed by atoms with Gasteiger partial charge >= 0.3 is 24.8 Å². The molecule has 0 unspecified atom stereocenters. The second-order valence-electron chi connectivity index (χ2n) is 3.16. The maximum absolute atomic E-state index is 8.25. The Balaban J connectivity index is 0. The molecule has 20 heavy (non-hydrogen) atoms. The summed E-state index contributed by atoms with van der Waals surface area (Å²) in [6.45, 7) is 0. The van der Waals surface area contributed by atoms with E-state index in [-0.39, 0.29) is 0 Å². The van der Waals surface area contributed by atoms with E-state index in [4.69, 9.17) is 10.2 Å². The molecule has 2 aromatic rings. The van der Waals surface area contributed by atoms with Gasteiger partial charge in [-0.2, -0.15) is 37.8 Å². The van der Waals surface area contributed by atoms with E-state index < -0.39 is 0 Å². The minimum atomic E-state index is 0.750. The van der Waals surface area contributed by atoms with Gasteiger partial charge in [0.2, 0.25) is 0 Å². The number of hydrogen-bond acceptors (Lipinski definition) is 2. The van der Waals surface area contributed by atoms with Crippen LogP contribution in [-0.4, -0.2) is 19.0 Å². The molecule has 0 atom stereocenters. The summed E-state index contributed by atoms with van der Waals surface area (Å²) in [6.07, 6.45) is 10.0. The molecule has 1 aliphatic rings. The van der Waals surface area contributed by atoms with Crippen molar-refractivity contribution in [2.24, 2.45) is 0 Å². The van der Waals surface area contributed by atoms with Gasteiger partial charge in [0.1, 0.15) is 0 Å². The standard InChI is InChI=1S/C9H7.C5H5.2CH3O.CH2.Ti/c1-2-5-9-7-3-6-8(9)4-1;1-2-4-5-3-1;2*1-2;;/h1-7H;1-3H,4H2;2*1H3;1H2;/q4*-1;;+2. The molecule has 0 spiro atoms. The zero-order valence-electron chi connectivity index (χ0n) is 12.0. The molecule has 3 rings (SSSR count). The molecular formula is C17H20O2Ti-2. The molecule has 106 valence electrons. The molecule has 0 aliphatic heterocycles. The summed E-state index contributed by atoms with van der Waals surface area (Å²) in [5.41, 5.74) is 0. The van der Waals surface area contributed by atoms with Crippen LogP contribution in [0.15, 0.2) is 60.7 Å². The average Bonchev–Trinajstić information content (AvgIpc) is 3.27. The molecule has 3 heteroatoms. The number of benzene rings is 1. The van der Waals surface area contributed by atoms with Crippen LogP contribution in [0.3, 0.4) is 0 Å². The molecule has 0 amide bonds. The van der Waals surface area contributed by atoms with E-state index >= 15 is 0 Å². The minimum absolute atomic E-state index is 0.750. The zero-order chi connectivity index (χ0) is 15.6. The van der Waals surface area contributed by atoms with Crippen LogP contribution >= 0.6 is 0 Å². The van der Waals surface area contributed by atoms with Crippen LogP contribution in [0.2, 0.25) is 0 Å². The van der Waals surface area contributed by atoms with Gasteiger partial charge in [0.25, 0.3) is 0 Å². The van der Waals surface area contributed by atoms with Crippen LogP contribution in [0.4, 0.5) is 0 Å². The van der Waals surface area contributed by atoms with Crippen LogP contribution in [0.1, 0.15) is 6.42 Å². The fourth-order valence-electron chi connectivity index (χ4n) is 1.41. The summed E-state index contributed by atoms with van der Waals surface area (Å²) < 4.78 is 0. The van der Waals surface area contributed by atoms with Crippen LogP contribution in [0.5, 0.6) is 0 Å². The third-order valence-corrected chi connectivity index (χ3v) is 2.13. The first-order chi connectivity index (χ1) is 9.97. The molecule has 0 saturated carbocycles. The third-order valence-electron chi connectivity index (χ3n) is 2.13. The van der Waals surface area contributed by atoms with Gasteiger partial charge in [0.15, 0.2) is 0 Å². The second kappa shape index (κ2) is 17.8. The van der Waals surface area contributed by atoms with E-state index in [1.807, 2.05) is 12.2 Å². The maximum Gasteiger partial charge on any atom is -0.0809 e. The number of allylic oxidation sites excluding steroid dienone is 4. The first kappa shape index (κ1) is 21.1. The van der Waals surface area contributed by atoms with Gasteiger partial charge in [-0.1, -0.05) is 6.07 Å². The van der Waals surface area contributed by atoms with Crippen LogP contribution in [0, 0.1) is 6.08 Å². The van der Waals surface area contributed by atoms with E-state index in [9.17, 15) is 0 Å². The third kappa shape index (κ3) is 9.71. The van der Waals surface area contributed by atoms with Gasteiger partial charge in [0.05, 0.1) is 0 Å². The normalized spacial score (nSPS) is 9.90. The second-order valence-corrected chi connectivity index (χ2v) is 3.16. The van der Waals surface area contributed by atoms with Crippen molar-refractivity contribution in [2.45, 2.75) is 6.42 Å². The van der Waals surface area contributed by atoms with Crippen molar-refractivity contribution >= 4 is 15.6 Å². The SMILES string of the molecule is C[O-].C[O-].[C-]1=CC=CC1.[CH2]=[Ti+2].c1ccc2[cH-]ccc2c1. The molecule has 0 aromatic heterocycles. The summed E-state index contributed by atoms with van der Waals surface area (Å²) in [6, 6.07) is 14.7. The van der Waals surface area contributed by atoms with Crippen molar-refractivity contribution in [1.82, 2.24) is 0 Å². The molecule has 0 heterocycles. The minimum Gasteiger partial charge on any atom is -0.168 e. The maximum atomic E-state index is 8.25. The van der Waals surface area contributed by atoms with E-state index in [2.05, 4.69) is 59.4 Å². The first-order valence-electron chi connectivity index (χ1n) is 5.96. The van der Waals surface area contributed by atoms with Crippen LogP contribution in [-0.2, 0) is 20.0 Å². The van der Waals surface area contributed by atoms with Crippen molar-refractivity contribution in [3.05, 3.63) is 66.8 Å². The molecule has 1 aliphatic carbocycles. The molecule has 0 fully saturated rings. The number of rotatable bonds is 0. The summed E-state index contributed by atoms with van der Waals surface area (Å²) >= 11 is 1.75. The fraction of sp³-hybridized carbons (Fsp3) is 0.176. The topological polar surface area (TPSA) is 46.1 Å². The van der Waals surface area contributed by atoms with Crippen LogP contribution < -0.4 is 10.2 Å². The Hall–Kier alpha value is -1.19. The zero-order valence-corrected chi connectivity index (χ0v) is 13.6. The van der Waals surface area contributed by atoms with Crippen molar-refractivity contribution < 1.29 is 30.2 Å². The average molecular weight is 304 g/mol.